The van der Waals surface area contributed by atoms with E-state index in [4.69, 9.17) is 10.2 Å². The fraction of sp³-hybridized carbons (Fsp3) is 0.545. The van der Waals surface area contributed by atoms with Crippen molar-refractivity contribution < 1.29 is 33.3 Å². The number of alkyl halides is 3. The Bertz CT molecular complexity index is 997. The van der Waals surface area contributed by atoms with Crippen molar-refractivity contribution in [2.75, 3.05) is 44.2 Å². The van der Waals surface area contributed by atoms with Gasteiger partial charge in [0.2, 0.25) is 0 Å². The number of piperazine rings is 1. The van der Waals surface area contributed by atoms with Gasteiger partial charge in [-0.15, -0.1) is 0 Å². The maximum Gasteiger partial charge on any atom is 0.416 e. The number of aromatic nitrogens is 2. The SMILES string of the molecule is O=C(N1CCN(Cc2ccc(C(F)(F)F)cc2N2CCC(O)CC2)CC1)n1ccc(C(O)O)n1. The number of nitrogens with zero attached hydrogens (tertiary/aromatic N) is 5. The number of anilines is 1. The van der Waals surface area contributed by atoms with E-state index in [2.05, 4.69) is 10.00 Å². The van der Waals surface area contributed by atoms with Gasteiger partial charge in [0.15, 0.2) is 6.29 Å². The first-order valence-corrected chi connectivity index (χ1v) is 11.2. The summed E-state index contributed by atoms with van der Waals surface area (Å²) < 4.78 is 41.1. The highest BCUT2D eigenvalue weighted by atomic mass is 19.4. The summed E-state index contributed by atoms with van der Waals surface area (Å²) in [5, 5.41) is 32.0. The van der Waals surface area contributed by atoms with Gasteiger partial charge in [-0.3, -0.25) is 4.90 Å². The minimum Gasteiger partial charge on any atom is -0.393 e. The molecule has 3 heterocycles. The Morgan fingerprint density at radius 1 is 1.06 bits per heavy atom. The molecule has 1 aromatic heterocycles. The van der Waals surface area contributed by atoms with Crippen molar-refractivity contribution in [2.45, 2.75) is 38.0 Å². The van der Waals surface area contributed by atoms with Crippen LogP contribution in [0.1, 0.15) is 36.0 Å². The lowest BCUT2D eigenvalue weighted by atomic mass is 10.0. The highest BCUT2D eigenvalue weighted by Crippen LogP contribution is 2.35. The fourth-order valence-corrected chi connectivity index (χ4v) is 4.34. The van der Waals surface area contributed by atoms with Crippen LogP contribution in [0.15, 0.2) is 30.5 Å². The number of halogens is 3. The van der Waals surface area contributed by atoms with E-state index in [1.807, 2.05) is 4.90 Å². The zero-order chi connectivity index (χ0) is 24.5. The minimum atomic E-state index is -4.44. The molecule has 0 spiro atoms. The Morgan fingerprint density at radius 2 is 1.74 bits per heavy atom. The number of amides is 1. The molecule has 0 aliphatic carbocycles. The van der Waals surface area contributed by atoms with Crippen LogP contribution in [0.25, 0.3) is 0 Å². The van der Waals surface area contributed by atoms with Gasteiger partial charge in [-0.25, -0.2) is 4.79 Å². The summed E-state index contributed by atoms with van der Waals surface area (Å²) in [6, 6.07) is 4.78. The van der Waals surface area contributed by atoms with E-state index in [0.29, 0.717) is 64.3 Å². The molecular weight excluding hydrogens is 455 g/mol. The summed E-state index contributed by atoms with van der Waals surface area (Å²) in [6.45, 7) is 3.29. The summed E-state index contributed by atoms with van der Waals surface area (Å²) >= 11 is 0. The Balaban J connectivity index is 1.43. The van der Waals surface area contributed by atoms with Crippen LogP contribution >= 0.6 is 0 Å². The quantitative estimate of drug-likeness (QED) is 0.568. The van der Waals surface area contributed by atoms with Crippen LogP contribution in [0.3, 0.4) is 0 Å². The first-order valence-electron chi connectivity index (χ1n) is 11.2. The second kappa shape index (κ2) is 9.90. The van der Waals surface area contributed by atoms with Gasteiger partial charge in [-0.2, -0.15) is 23.0 Å². The largest absolute Gasteiger partial charge is 0.416 e. The van der Waals surface area contributed by atoms with E-state index >= 15 is 0 Å². The van der Waals surface area contributed by atoms with E-state index in [9.17, 15) is 23.1 Å². The third-order valence-corrected chi connectivity index (χ3v) is 6.32. The van der Waals surface area contributed by atoms with Gasteiger partial charge in [0.1, 0.15) is 5.69 Å². The smallest absolute Gasteiger partial charge is 0.393 e. The summed E-state index contributed by atoms with van der Waals surface area (Å²) in [4.78, 5) is 18.2. The zero-order valence-corrected chi connectivity index (χ0v) is 18.5. The Labute approximate surface area is 194 Å². The number of aliphatic hydroxyl groups is 3. The second-order valence-corrected chi connectivity index (χ2v) is 8.66. The third-order valence-electron chi connectivity index (χ3n) is 6.32. The first-order chi connectivity index (χ1) is 16.1. The predicted molar refractivity (Wildman–Crippen MR) is 116 cm³/mol. The summed E-state index contributed by atoms with van der Waals surface area (Å²) in [6.07, 6.45) is -4.23. The highest BCUT2D eigenvalue weighted by Gasteiger charge is 2.32. The van der Waals surface area contributed by atoms with Gasteiger partial charge in [-0.1, -0.05) is 6.07 Å². The molecule has 0 radical (unpaired) electrons. The normalized spacial score (nSPS) is 18.7. The van der Waals surface area contributed by atoms with Crippen molar-refractivity contribution in [3.05, 3.63) is 47.3 Å². The van der Waals surface area contributed by atoms with Gasteiger partial charge in [0.05, 0.1) is 11.7 Å². The molecule has 2 fully saturated rings. The number of hydrogen-bond donors (Lipinski definition) is 3. The van der Waals surface area contributed by atoms with Crippen LogP contribution in [0.2, 0.25) is 0 Å². The lowest BCUT2D eigenvalue weighted by Gasteiger charge is -2.37. The van der Waals surface area contributed by atoms with Crippen molar-refractivity contribution in [1.29, 1.82) is 0 Å². The zero-order valence-electron chi connectivity index (χ0n) is 18.5. The minimum absolute atomic E-state index is 0.0212. The average molecular weight is 483 g/mol. The van der Waals surface area contributed by atoms with Crippen LogP contribution < -0.4 is 4.90 Å². The maximum absolute atomic E-state index is 13.4. The van der Waals surface area contributed by atoms with E-state index in [-0.39, 0.29) is 11.7 Å². The standard InChI is InChI=1S/C22H28F3N5O4/c23-22(24,25)16-2-1-15(19(13-16)28-6-3-17(31)4-7-28)14-27-9-11-29(12-10-27)21(34)30-8-5-18(26-30)20(32)33/h1-2,5,8,13,17,20,31-33H,3-4,6-7,9-12,14H2. The van der Waals surface area contributed by atoms with E-state index in [1.165, 1.54) is 24.4 Å². The molecule has 0 atom stereocenters. The molecule has 12 heteroatoms. The van der Waals surface area contributed by atoms with Crippen molar-refractivity contribution in [3.63, 3.8) is 0 Å². The number of piperidine rings is 1. The summed E-state index contributed by atoms with van der Waals surface area (Å²) in [5.74, 6) is 0. The molecule has 34 heavy (non-hydrogen) atoms. The molecule has 9 nitrogen and oxygen atoms in total. The number of aliphatic hydroxyl groups excluding tert-OH is 2. The molecule has 2 aromatic rings. The molecule has 2 saturated heterocycles. The van der Waals surface area contributed by atoms with Crippen LogP contribution in [0, 0.1) is 0 Å². The Morgan fingerprint density at radius 3 is 2.32 bits per heavy atom. The van der Waals surface area contributed by atoms with E-state index in [0.717, 1.165) is 16.3 Å². The van der Waals surface area contributed by atoms with Gasteiger partial charge >= 0.3 is 12.2 Å². The average Bonchev–Trinajstić information content (AvgIpc) is 3.30. The molecule has 2 aliphatic heterocycles. The second-order valence-electron chi connectivity index (χ2n) is 8.66. The van der Waals surface area contributed by atoms with Gasteiger partial charge in [0.25, 0.3) is 0 Å². The molecule has 0 saturated carbocycles. The van der Waals surface area contributed by atoms with Crippen molar-refractivity contribution in [3.8, 4) is 0 Å². The van der Waals surface area contributed by atoms with Gasteiger partial charge in [-0.05, 0) is 36.6 Å². The van der Waals surface area contributed by atoms with Crippen LogP contribution in [-0.2, 0) is 12.7 Å². The number of carbonyl (C=O) groups is 1. The number of carbonyl (C=O) groups excluding carboxylic acids is 1. The molecule has 3 N–H and O–H groups in total. The van der Waals surface area contributed by atoms with Crippen molar-refractivity contribution in [1.82, 2.24) is 19.6 Å². The van der Waals surface area contributed by atoms with E-state index in [1.54, 1.807) is 4.90 Å². The number of rotatable bonds is 4. The number of benzene rings is 1. The van der Waals surface area contributed by atoms with Gasteiger partial charge < -0.3 is 25.1 Å². The Kier molecular flexibility index (Phi) is 7.12. The molecule has 186 valence electrons. The lowest BCUT2D eigenvalue weighted by Crippen LogP contribution is -2.49. The van der Waals surface area contributed by atoms with Gasteiger partial charge in [0, 0.05) is 57.7 Å². The molecule has 1 aromatic carbocycles. The molecule has 4 rings (SSSR count). The number of hydrogen-bond acceptors (Lipinski definition) is 7. The molecular formula is C22H28F3N5O4. The van der Waals surface area contributed by atoms with E-state index < -0.39 is 24.1 Å². The summed E-state index contributed by atoms with van der Waals surface area (Å²) in [5.41, 5.74) is 0.594. The monoisotopic (exact) mass is 483 g/mol. The third kappa shape index (κ3) is 5.52. The first kappa shape index (κ1) is 24.5. The summed E-state index contributed by atoms with van der Waals surface area (Å²) in [7, 11) is 0. The maximum atomic E-state index is 13.4. The van der Waals surface area contributed by atoms with Crippen LogP contribution in [-0.4, -0.2) is 86.3 Å². The molecule has 0 bridgehead atoms. The van der Waals surface area contributed by atoms with Crippen molar-refractivity contribution in [2.24, 2.45) is 0 Å². The fourth-order valence-electron chi connectivity index (χ4n) is 4.34. The lowest BCUT2D eigenvalue weighted by molar-refractivity contribution is -0.137. The molecule has 0 unspecified atom stereocenters. The van der Waals surface area contributed by atoms with Crippen molar-refractivity contribution >= 4 is 11.7 Å². The Hall–Kier alpha value is -2.67. The van der Waals surface area contributed by atoms with Crippen LogP contribution in [0.4, 0.5) is 23.7 Å². The topological polar surface area (TPSA) is 105 Å². The van der Waals surface area contributed by atoms with Crippen LogP contribution in [0.5, 0.6) is 0 Å². The highest BCUT2D eigenvalue weighted by molar-refractivity contribution is 5.76. The predicted octanol–water partition coefficient (Wildman–Crippen LogP) is 1.63. The molecule has 2 aliphatic rings. The molecule has 1 amide bonds.